The molecule has 0 bridgehead atoms. The van der Waals surface area contributed by atoms with Crippen LogP contribution in [0.5, 0.6) is 0 Å². The van der Waals surface area contributed by atoms with Gasteiger partial charge in [0.15, 0.2) is 5.69 Å². The summed E-state index contributed by atoms with van der Waals surface area (Å²) in [5.41, 5.74) is 4.03. The van der Waals surface area contributed by atoms with Crippen molar-refractivity contribution in [2.45, 2.75) is 13.0 Å². The molecule has 1 aliphatic heterocycles. The fourth-order valence-corrected chi connectivity index (χ4v) is 3.88. The molecule has 30 heavy (non-hydrogen) atoms. The van der Waals surface area contributed by atoms with E-state index in [0.717, 1.165) is 12.0 Å². The second-order valence-corrected chi connectivity index (χ2v) is 7.31. The van der Waals surface area contributed by atoms with Crippen LogP contribution in [0.4, 0.5) is 5.69 Å². The zero-order valence-corrected chi connectivity index (χ0v) is 16.3. The molecule has 0 aliphatic carbocycles. The van der Waals surface area contributed by atoms with Crippen LogP contribution in [0.25, 0.3) is 5.52 Å². The van der Waals surface area contributed by atoms with Crippen LogP contribution in [0.1, 0.15) is 32.2 Å². The Bertz CT molecular complexity index is 1250. The number of carbonyl (C=O) groups excluding carboxylic acids is 2. The highest BCUT2D eigenvalue weighted by Gasteiger charge is 2.27. The van der Waals surface area contributed by atoms with Gasteiger partial charge in [0.05, 0.1) is 5.52 Å². The van der Waals surface area contributed by atoms with Crippen molar-refractivity contribution in [3.63, 3.8) is 0 Å². The monoisotopic (exact) mass is 396 g/mol. The van der Waals surface area contributed by atoms with Gasteiger partial charge in [-0.05, 0) is 41.8 Å². The fourth-order valence-electron chi connectivity index (χ4n) is 3.88. The third-order valence-corrected chi connectivity index (χ3v) is 5.40. The van der Waals surface area contributed by atoms with Gasteiger partial charge in [0.2, 0.25) is 5.82 Å². The molecule has 1 N–H and O–H groups in total. The maximum atomic E-state index is 13.3. The van der Waals surface area contributed by atoms with Gasteiger partial charge in [0, 0.05) is 25.0 Å². The lowest BCUT2D eigenvalue weighted by Crippen LogP contribution is -2.36. The molecule has 0 saturated carbocycles. The number of hydrogen-bond acceptors (Lipinski definition) is 3. The molecule has 2 aromatic heterocycles. The van der Waals surface area contributed by atoms with Crippen LogP contribution in [0.3, 0.4) is 0 Å². The summed E-state index contributed by atoms with van der Waals surface area (Å²) < 4.78 is 1.67. The number of imidazole rings is 1. The molecule has 2 amide bonds. The van der Waals surface area contributed by atoms with E-state index in [1.54, 1.807) is 15.5 Å². The number of amides is 2. The molecule has 2 aromatic carbocycles. The Morgan fingerprint density at radius 3 is 2.43 bits per heavy atom. The van der Waals surface area contributed by atoms with Crippen molar-refractivity contribution >= 4 is 23.0 Å². The van der Waals surface area contributed by atoms with E-state index in [-0.39, 0.29) is 17.6 Å². The summed E-state index contributed by atoms with van der Waals surface area (Å²) >= 11 is 0. The van der Waals surface area contributed by atoms with Crippen molar-refractivity contribution < 1.29 is 9.59 Å². The number of nitrogens with zero attached hydrogens (tertiary/aromatic N) is 3. The first kappa shape index (κ1) is 18.1. The minimum atomic E-state index is -0.356. The van der Waals surface area contributed by atoms with E-state index in [1.807, 2.05) is 60.7 Å². The molecule has 148 valence electrons. The summed E-state index contributed by atoms with van der Waals surface area (Å²) in [5.74, 6) is -0.326. The van der Waals surface area contributed by atoms with Crippen LogP contribution in [0, 0.1) is 0 Å². The maximum absolute atomic E-state index is 13.3. The van der Waals surface area contributed by atoms with Gasteiger partial charge in [0.25, 0.3) is 11.8 Å². The Morgan fingerprint density at radius 2 is 1.60 bits per heavy atom. The Hall–Kier alpha value is -3.93. The van der Waals surface area contributed by atoms with E-state index in [4.69, 9.17) is 0 Å². The van der Waals surface area contributed by atoms with Gasteiger partial charge in [-0.1, -0.05) is 48.5 Å². The van der Waals surface area contributed by atoms with Crippen molar-refractivity contribution in [1.29, 1.82) is 0 Å². The summed E-state index contributed by atoms with van der Waals surface area (Å²) in [4.78, 5) is 32.5. The molecule has 0 saturated heterocycles. The van der Waals surface area contributed by atoms with Crippen LogP contribution in [-0.4, -0.2) is 32.6 Å². The minimum Gasteiger partial charge on any atom is -0.333 e. The molecule has 4 aromatic rings. The molecule has 3 heterocycles. The van der Waals surface area contributed by atoms with Crippen LogP contribution in [-0.2, 0) is 13.0 Å². The van der Waals surface area contributed by atoms with Gasteiger partial charge in [-0.3, -0.25) is 14.0 Å². The highest BCUT2D eigenvalue weighted by molar-refractivity contribution is 6.06. The summed E-state index contributed by atoms with van der Waals surface area (Å²) in [5, 5.41) is 2.85. The van der Waals surface area contributed by atoms with Gasteiger partial charge in [-0.2, -0.15) is 0 Å². The first-order chi connectivity index (χ1) is 14.7. The summed E-state index contributed by atoms with van der Waals surface area (Å²) in [6, 6.07) is 22.9. The SMILES string of the molecule is O=C(Nc1ccccc1)c1nc(C(=O)N2CCc3ccccc3C2)c2ccccn12. The predicted molar refractivity (Wildman–Crippen MR) is 114 cm³/mol. The smallest absolute Gasteiger partial charge is 0.292 e. The lowest BCUT2D eigenvalue weighted by atomic mass is 10.00. The summed E-state index contributed by atoms with van der Waals surface area (Å²) in [6.07, 6.45) is 2.57. The first-order valence-corrected chi connectivity index (χ1v) is 9.90. The number of fused-ring (bicyclic) bond motifs is 2. The van der Waals surface area contributed by atoms with Crippen molar-refractivity contribution in [3.8, 4) is 0 Å². The second-order valence-electron chi connectivity index (χ2n) is 7.31. The predicted octanol–water partition coefficient (Wildman–Crippen LogP) is 3.79. The molecule has 0 spiro atoms. The number of pyridine rings is 1. The minimum absolute atomic E-state index is 0.160. The van der Waals surface area contributed by atoms with Crippen LogP contribution in [0.15, 0.2) is 79.0 Å². The number of rotatable bonds is 3. The molecule has 0 atom stereocenters. The Morgan fingerprint density at radius 1 is 0.867 bits per heavy atom. The van der Waals surface area contributed by atoms with E-state index in [1.165, 1.54) is 5.56 Å². The van der Waals surface area contributed by atoms with E-state index in [0.29, 0.717) is 30.0 Å². The molecule has 0 radical (unpaired) electrons. The number of anilines is 1. The zero-order valence-electron chi connectivity index (χ0n) is 16.3. The lowest BCUT2D eigenvalue weighted by molar-refractivity contribution is 0.0731. The molecule has 5 rings (SSSR count). The largest absolute Gasteiger partial charge is 0.333 e. The van der Waals surface area contributed by atoms with Crippen molar-refractivity contribution in [1.82, 2.24) is 14.3 Å². The van der Waals surface area contributed by atoms with Crippen molar-refractivity contribution in [2.24, 2.45) is 0 Å². The molecule has 0 unspecified atom stereocenters. The first-order valence-electron chi connectivity index (χ1n) is 9.90. The summed E-state index contributed by atoms with van der Waals surface area (Å²) in [6.45, 7) is 1.18. The average molecular weight is 396 g/mol. The number of nitrogens with one attached hydrogen (secondary N) is 1. The molecular formula is C24H20N4O2. The Labute approximate surface area is 173 Å². The lowest BCUT2D eigenvalue weighted by Gasteiger charge is -2.28. The fraction of sp³-hybridized carbons (Fsp3) is 0.125. The second kappa shape index (κ2) is 7.48. The van der Waals surface area contributed by atoms with Crippen LogP contribution in [0.2, 0.25) is 0 Å². The van der Waals surface area contributed by atoms with E-state index < -0.39 is 0 Å². The number of benzene rings is 2. The van der Waals surface area contributed by atoms with Crippen molar-refractivity contribution in [3.05, 3.63) is 102 Å². The zero-order chi connectivity index (χ0) is 20.5. The molecule has 1 aliphatic rings. The van der Waals surface area contributed by atoms with Crippen molar-refractivity contribution in [2.75, 3.05) is 11.9 Å². The number of para-hydroxylation sites is 1. The van der Waals surface area contributed by atoms with E-state index in [9.17, 15) is 9.59 Å². The van der Waals surface area contributed by atoms with Gasteiger partial charge < -0.3 is 10.2 Å². The average Bonchev–Trinajstić information content (AvgIpc) is 3.19. The highest BCUT2D eigenvalue weighted by atomic mass is 16.2. The third-order valence-electron chi connectivity index (χ3n) is 5.40. The molecular weight excluding hydrogens is 376 g/mol. The van der Waals surface area contributed by atoms with Crippen LogP contribution < -0.4 is 5.32 Å². The van der Waals surface area contributed by atoms with E-state index in [2.05, 4.69) is 22.4 Å². The van der Waals surface area contributed by atoms with Gasteiger partial charge >= 0.3 is 0 Å². The highest BCUT2D eigenvalue weighted by Crippen LogP contribution is 2.22. The number of hydrogen-bond donors (Lipinski definition) is 1. The van der Waals surface area contributed by atoms with Gasteiger partial charge in [-0.15, -0.1) is 0 Å². The number of carbonyl (C=O) groups is 2. The van der Waals surface area contributed by atoms with Gasteiger partial charge in [-0.25, -0.2) is 4.98 Å². The maximum Gasteiger partial charge on any atom is 0.292 e. The van der Waals surface area contributed by atoms with E-state index >= 15 is 0 Å². The summed E-state index contributed by atoms with van der Waals surface area (Å²) in [7, 11) is 0. The molecule has 0 fully saturated rings. The quantitative estimate of drug-likeness (QED) is 0.573. The molecule has 6 heteroatoms. The number of aromatic nitrogens is 2. The normalized spacial score (nSPS) is 13.1. The Kier molecular flexibility index (Phi) is 4.52. The van der Waals surface area contributed by atoms with Gasteiger partial charge in [0.1, 0.15) is 0 Å². The third kappa shape index (κ3) is 3.22. The van der Waals surface area contributed by atoms with Crippen LogP contribution >= 0.6 is 0 Å². The molecule has 6 nitrogen and oxygen atoms in total. The standard InChI is InChI=1S/C24H20N4O2/c29-23(25-19-10-2-1-3-11-19)22-26-21(20-12-6-7-14-28(20)22)24(30)27-15-13-17-8-4-5-9-18(17)16-27/h1-12,14H,13,15-16H2,(H,25,29). The Balaban J connectivity index is 1.48. The topological polar surface area (TPSA) is 66.7 Å².